The molecule has 193 valence electrons. The number of hydrogen-bond acceptors (Lipinski definition) is 2. The summed E-state index contributed by atoms with van der Waals surface area (Å²) in [7, 11) is -1.98. The minimum absolute atomic E-state index is 0. The molecule has 2 heterocycles. The fourth-order valence-electron chi connectivity index (χ4n) is 5.38. The second-order valence-electron chi connectivity index (χ2n) is 10.4. The molecular formula is C28H47NO2P2Rh+2. The zero-order chi connectivity index (χ0) is 24.5. The number of allylic oxidation sites excluding steroid dienone is 4. The molecule has 0 unspecified atom stereocenters. The molecule has 0 aromatic rings. The number of rotatable bonds is 7. The van der Waals surface area contributed by atoms with Gasteiger partial charge in [-0.25, -0.2) is 12.8 Å². The molecule has 2 amide bonds. The molecule has 6 heteroatoms. The molecule has 0 aromatic heterocycles. The van der Waals surface area contributed by atoms with Crippen LogP contribution in [0.5, 0.6) is 0 Å². The Kier molecular flexibility index (Phi) is 14.9. The van der Waals surface area contributed by atoms with Crippen LogP contribution in [-0.2, 0) is 29.1 Å². The van der Waals surface area contributed by atoms with Gasteiger partial charge in [-0.1, -0.05) is 26.2 Å². The van der Waals surface area contributed by atoms with Crippen LogP contribution >= 0.6 is 15.8 Å². The molecule has 0 bridgehead atoms. The number of carbonyl (C=O) groups excluding carboxylic acids is 2. The fraction of sp³-hybridized carbons (Fsp3) is 0.714. The van der Waals surface area contributed by atoms with Gasteiger partial charge in [-0.2, -0.15) is 0 Å². The Hall–Kier alpha value is -0.157. The van der Waals surface area contributed by atoms with Gasteiger partial charge in [0.2, 0.25) is 10.6 Å². The van der Waals surface area contributed by atoms with E-state index in [0.717, 1.165) is 49.2 Å². The number of carbonyl (C=O) groups is 2. The van der Waals surface area contributed by atoms with Crippen molar-refractivity contribution in [2.24, 2.45) is 0 Å². The van der Waals surface area contributed by atoms with Gasteiger partial charge >= 0.3 is 19.5 Å². The number of imide groups is 1. The van der Waals surface area contributed by atoms with E-state index in [4.69, 9.17) is 0 Å². The molecule has 1 aliphatic carbocycles. The summed E-state index contributed by atoms with van der Waals surface area (Å²) in [6, 6.07) is 0. The Balaban J connectivity index is 0.000000543. The third kappa shape index (κ3) is 8.18. The summed E-state index contributed by atoms with van der Waals surface area (Å²) in [5.74, 6) is 0.167. The summed E-state index contributed by atoms with van der Waals surface area (Å²) in [5, 5.41) is 2.03. The summed E-state index contributed by atoms with van der Waals surface area (Å²) in [6.07, 6.45) is 19.4. The normalized spacial score (nSPS) is 23.5. The zero-order valence-electron chi connectivity index (χ0n) is 22.4. The maximum Gasteiger partial charge on any atom is 2.00 e. The molecule has 0 aromatic carbocycles. The molecule has 1 radical (unpaired) electrons. The first-order valence-corrected chi connectivity index (χ1v) is 16.5. The Morgan fingerprint density at radius 3 is 1.91 bits per heavy atom. The predicted octanol–water partition coefficient (Wildman–Crippen LogP) is 7.46. The molecule has 3 aliphatic rings. The van der Waals surface area contributed by atoms with E-state index in [-0.39, 0.29) is 31.3 Å². The standard InChI is InChI=1S/C20H35NO2P2.C8H10.Rh/c1-8-9-12-21-19(22)17(24(13(2)3)14(4)5)18(20(21)23)25-15(6)10-11-16(25)7;1-2-4-6-8-7-5-3-1;/h13-16H,8-12H2,1-7H3;1,6H,2,4-5,7H2;/q;-2;+2/p+2/t15-,16-;;/m1../s1. The van der Waals surface area contributed by atoms with E-state index in [0.29, 0.717) is 29.2 Å². The molecule has 2 atom stereocenters. The van der Waals surface area contributed by atoms with Crippen molar-refractivity contribution in [2.45, 2.75) is 122 Å². The van der Waals surface area contributed by atoms with E-state index in [9.17, 15) is 9.59 Å². The number of nitrogens with zero attached hydrogens (tertiary/aromatic N) is 1. The average Bonchev–Trinajstić information content (AvgIpc) is 3.16. The van der Waals surface area contributed by atoms with Crippen LogP contribution in [-0.4, -0.2) is 45.9 Å². The van der Waals surface area contributed by atoms with Crippen LogP contribution in [0, 0.1) is 12.2 Å². The number of unbranched alkanes of at least 4 members (excludes halogenated alkanes) is 1. The SMILES string of the molecule is CCCCN1C(=O)C([PH+](C(C)C)C(C)C)=C([PH+]2[C@H](C)CC[C@H]2C)C1=O.[C-]1=CCCC=[C-]CC1.[Rh+2]. The first-order chi connectivity index (χ1) is 15.7. The minimum atomic E-state index is -1.03. The first kappa shape index (κ1) is 31.9. The zero-order valence-corrected chi connectivity index (χ0v) is 26.1. The Morgan fingerprint density at radius 2 is 1.47 bits per heavy atom. The summed E-state index contributed by atoms with van der Waals surface area (Å²) >= 11 is 0. The van der Waals surface area contributed by atoms with Crippen molar-refractivity contribution in [3.05, 3.63) is 34.9 Å². The molecule has 3 rings (SSSR count). The van der Waals surface area contributed by atoms with Crippen LogP contribution in [0.3, 0.4) is 0 Å². The quantitative estimate of drug-likeness (QED) is 0.133. The maximum atomic E-state index is 13.3. The van der Waals surface area contributed by atoms with Gasteiger partial charge < -0.3 is 12.2 Å². The molecule has 0 spiro atoms. The smallest absolute Gasteiger partial charge is 0.503 e. The van der Waals surface area contributed by atoms with Crippen molar-refractivity contribution in [1.82, 2.24) is 4.90 Å². The van der Waals surface area contributed by atoms with Crippen LogP contribution in [0.2, 0.25) is 0 Å². The van der Waals surface area contributed by atoms with Crippen molar-refractivity contribution in [3.63, 3.8) is 0 Å². The van der Waals surface area contributed by atoms with Gasteiger partial charge in [-0.05, 0) is 60.8 Å². The maximum absolute atomic E-state index is 13.3. The van der Waals surface area contributed by atoms with E-state index in [1.165, 1.54) is 12.8 Å². The van der Waals surface area contributed by atoms with E-state index < -0.39 is 15.8 Å². The van der Waals surface area contributed by atoms with Crippen molar-refractivity contribution in [2.75, 3.05) is 6.54 Å². The topological polar surface area (TPSA) is 37.4 Å². The van der Waals surface area contributed by atoms with Gasteiger partial charge in [-0.3, -0.25) is 26.6 Å². The van der Waals surface area contributed by atoms with Crippen LogP contribution < -0.4 is 0 Å². The van der Waals surface area contributed by atoms with Crippen molar-refractivity contribution in [1.29, 1.82) is 0 Å². The molecule has 3 nitrogen and oxygen atoms in total. The monoisotopic (exact) mass is 594 g/mol. The van der Waals surface area contributed by atoms with Crippen LogP contribution in [0.4, 0.5) is 0 Å². The van der Waals surface area contributed by atoms with Gasteiger partial charge in [-0.15, -0.1) is 0 Å². The van der Waals surface area contributed by atoms with Crippen LogP contribution in [0.1, 0.15) is 99.8 Å². The van der Waals surface area contributed by atoms with Gasteiger partial charge in [0.25, 0.3) is 11.8 Å². The van der Waals surface area contributed by atoms with E-state index >= 15 is 0 Å². The molecule has 0 N–H and O–H groups in total. The predicted molar refractivity (Wildman–Crippen MR) is 148 cm³/mol. The fourth-order valence-corrected chi connectivity index (χ4v) is 13.2. The second-order valence-corrected chi connectivity index (χ2v) is 17.5. The molecule has 0 saturated carbocycles. The third-order valence-electron chi connectivity index (χ3n) is 6.98. The Labute approximate surface area is 224 Å². The molecule has 2 aliphatic heterocycles. The minimum Gasteiger partial charge on any atom is -0.503 e. The van der Waals surface area contributed by atoms with Gasteiger partial charge in [0.1, 0.15) is 0 Å². The van der Waals surface area contributed by atoms with E-state index in [1.807, 2.05) is 0 Å². The van der Waals surface area contributed by atoms with Crippen molar-refractivity contribution >= 4 is 27.7 Å². The number of hydrogen-bond donors (Lipinski definition) is 0. The molecule has 1 fully saturated rings. The van der Waals surface area contributed by atoms with Gasteiger partial charge in [0, 0.05) is 22.4 Å². The van der Waals surface area contributed by atoms with E-state index in [1.54, 1.807) is 4.90 Å². The summed E-state index contributed by atoms with van der Waals surface area (Å²) < 4.78 is 0. The first-order valence-electron chi connectivity index (χ1n) is 13.2. The van der Waals surface area contributed by atoms with Gasteiger partial charge in [0.05, 0.1) is 22.6 Å². The molecular weight excluding hydrogens is 547 g/mol. The third-order valence-corrected chi connectivity index (χ3v) is 14.5. The number of amides is 2. The molecule has 34 heavy (non-hydrogen) atoms. The second kappa shape index (κ2) is 15.8. The van der Waals surface area contributed by atoms with Crippen LogP contribution in [0.25, 0.3) is 0 Å². The Bertz CT molecular complexity index is 692. The Morgan fingerprint density at radius 1 is 0.971 bits per heavy atom. The van der Waals surface area contributed by atoms with Crippen molar-refractivity contribution < 1.29 is 29.1 Å². The summed E-state index contributed by atoms with van der Waals surface area (Å²) in [5.41, 5.74) is 2.17. The van der Waals surface area contributed by atoms with E-state index in [2.05, 4.69) is 72.8 Å². The molecule has 1 saturated heterocycles. The van der Waals surface area contributed by atoms with Crippen LogP contribution in [0.15, 0.2) is 22.8 Å². The average molecular weight is 595 g/mol. The van der Waals surface area contributed by atoms with Gasteiger partial charge in [0.15, 0.2) is 0 Å². The summed E-state index contributed by atoms with van der Waals surface area (Å²) in [4.78, 5) is 28.3. The largest absolute Gasteiger partial charge is 2.00 e. The van der Waals surface area contributed by atoms with Crippen molar-refractivity contribution in [3.8, 4) is 0 Å². The summed E-state index contributed by atoms with van der Waals surface area (Å²) in [6.45, 7) is 16.3.